The number of anilines is 1. The molecular weight excluding hydrogens is 524 g/mol. The molecule has 1 aliphatic heterocycles. The van der Waals surface area contributed by atoms with E-state index >= 15 is 0 Å². The van der Waals surface area contributed by atoms with Gasteiger partial charge in [-0.25, -0.2) is 4.39 Å². The Hall–Kier alpha value is -3.16. The van der Waals surface area contributed by atoms with E-state index in [2.05, 4.69) is 85.5 Å². The number of benzene rings is 4. The molecule has 0 aliphatic carbocycles. The van der Waals surface area contributed by atoms with Crippen LogP contribution in [0.1, 0.15) is 80.2 Å². The molecule has 1 heterocycles. The van der Waals surface area contributed by atoms with E-state index in [-0.39, 0.29) is 11.0 Å². The van der Waals surface area contributed by atoms with Crippen molar-refractivity contribution in [2.75, 3.05) is 18.0 Å². The Morgan fingerprint density at radius 1 is 0.780 bits per heavy atom. The Labute approximate surface area is 247 Å². The minimum atomic E-state index is -0.237. The first-order valence-corrected chi connectivity index (χ1v) is 16.3. The molecule has 1 fully saturated rings. The van der Waals surface area contributed by atoms with Crippen molar-refractivity contribution in [3.8, 4) is 5.75 Å². The minimum Gasteiger partial charge on any atom is -0.507 e. The smallest absolute Gasteiger partial charge is 0.125 e. The maximum absolute atomic E-state index is 14.6. The largest absolute Gasteiger partial charge is 0.507 e. The summed E-state index contributed by atoms with van der Waals surface area (Å²) < 4.78 is 14.6. The van der Waals surface area contributed by atoms with Crippen molar-refractivity contribution in [3.63, 3.8) is 0 Å². The van der Waals surface area contributed by atoms with Gasteiger partial charge in [0.25, 0.3) is 0 Å². The van der Waals surface area contributed by atoms with Crippen molar-refractivity contribution < 1.29 is 9.50 Å². The van der Waals surface area contributed by atoms with Crippen LogP contribution in [0.15, 0.2) is 91.0 Å². The lowest BCUT2D eigenvalue weighted by Crippen LogP contribution is -2.33. The van der Waals surface area contributed by atoms with Gasteiger partial charge in [0.2, 0.25) is 0 Å². The SMILES string of the molecule is CCCC(CC)(Pc1ccc(F)cc1N1CCCCC1)c1cc(Cc2ccccc2)cc(Cc2ccccc2)c1O. The molecule has 2 nitrogen and oxygen atoms in total. The van der Waals surface area contributed by atoms with Crippen LogP contribution < -0.4 is 10.2 Å². The highest BCUT2D eigenvalue weighted by Gasteiger charge is 2.35. The van der Waals surface area contributed by atoms with Crippen LogP contribution in [0.5, 0.6) is 5.75 Å². The van der Waals surface area contributed by atoms with Gasteiger partial charge in [-0.15, -0.1) is 0 Å². The summed E-state index contributed by atoms with van der Waals surface area (Å²) in [7, 11) is 0.426. The van der Waals surface area contributed by atoms with E-state index in [4.69, 9.17) is 0 Å². The summed E-state index contributed by atoms with van der Waals surface area (Å²) in [6, 6.07) is 30.8. The van der Waals surface area contributed by atoms with Crippen LogP contribution in [0.4, 0.5) is 10.1 Å². The predicted molar refractivity (Wildman–Crippen MR) is 174 cm³/mol. The molecule has 41 heavy (non-hydrogen) atoms. The fourth-order valence-electron chi connectivity index (χ4n) is 6.42. The van der Waals surface area contributed by atoms with Crippen molar-refractivity contribution in [1.82, 2.24) is 0 Å². The quantitative estimate of drug-likeness (QED) is 0.183. The van der Waals surface area contributed by atoms with Crippen LogP contribution in [-0.2, 0) is 18.0 Å². The highest BCUT2D eigenvalue weighted by molar-refractivity contribution is 7.49. The number of nitrogens with zero attached hydrogens (tertiary/aromatic N) is 1. The molecule has 2 atom stereocenters. The van der Waals surface area contributed by atoms with Crippen molar-refractivity contribution in [2.45, 2.75) is 70.4 Å². The maximum Gasteiger partial charge on any atom is 0.125 e. The van der Waals surface area contributed by atoms with Gasteiger partial charge in [0.05, 0.1) is 0 Å². The third-order valence-electron chi connectivity index (χ3n) is 8.56. The standard InChI is InChI=1S/C37H43FNOP/c1-3-20-37(4-2,41-35-19-18-32(38)27-34(35)39-21-12-7-13-22-39)33-26-30(23-28-14-8-5-9-15-28)25-31(36(33)40)24-29-16-10-6-11-17-29/h5-6,8-11,14-19,25-27,40-41H,3-4,7,12-13,20-24H2,1-2H3. The summed E-state index contributed by atoms with van der Waals surface area (Å²) in [5, 5.41) is 13.0. The molecule has 0 radical (unpaired) electrons. The van der Waals surface area contributed by atoms with Crippen LogP contribution in [-0.4, -0.2) is 18.2 Å². The van der Waals surface area contributed by atoms with Gasteiger partial charge in [-0.1, -0.05) is 102 Å². The number of hydrogen-bond acceptors (Lipinski definition) is 2. The van der Waals surface area contributed by atoms with Crippen LogP contribution in [0, 0.1) is 5.82 Å². The molecule has 5 rings (SSSR count). The lowest BCUT2D eigenvalue weighted by molar-refractivity contribution is 0.437. The van der Waals surface area contributed by atoms with Crippen LogP contribution in [0.25, 0.3) is 0 Å². The van der Waals surface area contributed by atoms with Gasteiger partial charge in [0.1, 0.15) is 11.6 Å². The molecule has 4 aromatic carbocycles. The van der Waals surface area contributed by atoms with Crippen LogP contribution >= 0.6 is 8.58 Å². The number of rotatable bonds is 11. The Morgan fingerprint density at radius 2 is 1.44 bits per heavy atom. The van der Waals surface area contributed by atoms with E-state index in [1.807, 2.05) is 12.1 Å². The Bertz CT molecular complexity index is 1420. The van der Waals surface area contributed by atoms with Gasteiger partial charge in [-0.3, -0.25) is 0 Å². The lowest BCUT2D eigenvalue weighted by Gasteiger charge is -2.37. The number of aromatic hydroxyl groups is 1. The van der Waals surface area contributed by atoms with E-state index < -0.39 is 0 Å². The van der Waals surface area contributed by atoms with Crippen molar-refractivity contribution in [2.24, 2.45) is 0 Å². The Morgan fingerprint density at radius 3 is 2.07 bits per heavy atom. The predicted octanol–water partition coefficient (Wildman–Crippen LogP) is 9.11. The maximum atomic E-state index is 14.6. The number of phenols is 1. The van der Waals surface area contributed by atoms with E-state index in [1.165, 1.54) is 28.4 Å². The molecule has 2 unspecified atom stereocenters. The van der Waals surface area contributed by atoms with Gasteiger partial charge in [0, 0.05) is 35.9 Å². The molecule has 4 aromatic rings. The molecule has 4 heteroatoms. The van der Waals surface area contributed by atoms with Crippen LogP contribution in [0.3, 0.4) is 0 Å². The first kappa shape index (κ1) is 29.3. The van der Waals surface area contributed by atoms with Crippen molar-refractivity contribution in [1.29, 1.82) is 0 Å². The molecule has 1 aliphatic rings. The van der Waals surface area contributed by atoms with Crippen molar-refractivity contribution >= 4 is 19.6 Å². The van der Waals surface area contributed by atoms with Crippen LogP contribution in [0.2, 0.25) is 0 Å². The third-order valence-corrected chi connectivity index (χ3v) is 10.6. The number of hydrogen-bond donors (Lipinski definition) is 1. The third kappa shape index (κ3) is 7.02. The summed E-state index contributed by atoms with van der Waals surface area (Å²) in [5.74, 6) is 0.254. The molecule has 0 bridgehead atoms. The highest BCUT2D eigenvalue weighted by Crippen LogP contribution is 2.53. The molecule has 0 spiro atoms. The minimum absolute atomic E-state index is 0.172. The van der Waals surface area contributed by atoms with E-state index in [0.717, 1.165) is 68.4 Å². The first-order chi connectivity index (χ1) is 20.0. The topological polar surface area (TPSA) is 23.5 Å². The first-order valence-electron chi connectivity index (χ1n) is 15.3. The summed E-state index contributed by atoms with van der Waals surface area (Å²) in [6.07, 6.45) is 7.93. The fraction of sp³-hybridized carbons (Fsp3) is 0.351. The van der Waals surface area contributed by atoms with Gasteiger partial charge >= 0.3 is 0 Å². The second-order valence-electron chi connectivity index (χ2n) is 11.5. The molecule has 214 valence electrons. The van der Waals surface area contributed by atoms with E-state index in [0.29, 0.717) is 20.8 Å². The van der Waals surface area contributed by atoms with Gasteiger partial charge in [-0.2, -0.15) is 0 Å². The number of phenolic OH excluding ortho intramolecular Hbond substituents is 1. The number of halogens is 1. The molecule has 0 saturated carbocycles. The average molecular weight is 568 g/mol. The molecule has 1 saturated heterocycles. The highest BCUT2D eigenvalue weighted by atomic mass is 31.1. The van der Waals surface area contributed by atoms with Crippen molar-refractivity contribution in [3.05, 3.63) is 125 Å². The zero-order chi connectivity index (χ0) is 28.7. The molecular formula is C37H43FNOP. The fourth-order valence-corrected chi connectivity index (χ4v) is 8.34. The van der Waals surface area contributed by atoms with Gasteiger partial charge < -0.3 is 10.0 Å². The Kier molecular flexibility index (Phi) is 9.78. The Balaban J connectivity index is 1.62. The van der Waals surface area contributed by atoms with E-state index in [1.54, 1.807) is 12.1 Å². The molecule has 0 aromatic heterocycles. The summed E-state index contributed by atoms with van der Waals surface area (Å²) in [4.78, 5) is 2.38. The summed E-state index contributed by atoms with van der Waals surface area (Å²) in [5.41, 5.74) is 6.75. The van der Waals surface area contributed by atoms with E-state index in [9.17, 15) is 9.50 Å². The summed E-state index contributed by atoms with van der Waals surface area (Å²) in [6.45, 7) is 6.45. The summed E-state index contributed by atoms with van der Waals surface area (Å²) >= 11 is 0. The molecule has 0 amide bonds. The second-order valence-corrected chi connectivity index (χ2v) is 13.2. The number of piperidine rings is 1. The van der Waals surface area contributed by atoms with Gasteiger partial charge in [0.15, 0.2) is 0 Å². The monoisotopic (exact) mass is 567 g/mol. The zero-order valence-electron chi connectivity index (χ0n) is 24.5. The van der Waals surface area contributed by atoms with Gasteiger partial charge in [-0.05, 0) is 84.3 Å². The zero-order valence-corrected chi connectivity index (χ0v) is 25.5. The normalized spacial score (nSPS) is 15.3. The average Bonchev–Trinajstić information content (AvgIpc) is 3.01. The lowest BCUT2D eigenvalue weighted by atomic mass is 9.85. The second kappa shape index (κ2) is 13.7. The molecule has 1 N–H and O–H groups in total.